The monoisotopic (exact) mass is 350 g/mol. The van der Waals surface area contributed by atoms with Gasteiger partial charge in [0.2, 0.25) is 16.9 Å². The molecule has 1 fully saturated rings. The number of nitrogens with zero attached hydrogens (tertiary/aromatic N) is 5. The van der Waals surface area contributed by atoms with Crippen molar-refractivity contribution in [3.63, 3.8) is 0 Å². The molecule has 1 aliphatic rings. The average molecular weight is 350 g/mol. The fraction of sp³-hybridized carbons (Fsp3) is 0.667. The van der Waals surface area contributed by atoms with E-state index in [9.17, 15) is 4.79 Å². The highest BCUT2D eigenvalue weighted by Crippen LogP contribution is 2.31. The molecule has 0 spiro atoms. The molecule has 1 aliphatic carbocycles. The molecule has 0 radical (unpaired) electrons. The van der Waals surface area contributed by atoms with Crippen molar-refractivity contribution in [3.8, 4) is 0 Å². The van der Waals surface area contributed by atoms with Crippen molar-refractivity contribution in [1.82, 2.24) is 25.4 Å². The summed E-state index contributed by atoms with van der Waals surface area (Å²) in [6, 6.07) is 2.11. The number of nitrogens with one attached hydrogen (secondary N) is 1. The predicted octanol–water partition coefficient (Wildman–Crippen LogP) is 2.80. The first-order valence-electron chi connectivity index (χ1n) is 8.11. The molecule has 130 valence electrons. The van der Waals surface area contributed by atoms with Crippen LogP contribution in [-0.2, 0) is 10.2 Å². The van der Waals surface area contributed by atoms with Gasteiger partial charge in [-0.15, -0.1) is 5.10 Å². The van der Waals surface area contributed by atoms with Gasteiger partial charge in [0, 0.05) is 11.5 Å². The molecular weight excluding hydrogens is 328 g/mol. The maximum atomic E-state index is 12.1. The van der Waals surface area contributed by atoms with E-state index < -0.39 is 0 Å². The van der Waals surface area contributed by atoms with Gasteiger partial charge in [-0.25, -0.2) is 4.68 Å². The molecule has 0 aliphatic heterocycles. The lowest BCUT2D eigenvalue weighted by Gasteiger charge is -2.12. The topological polar surface area (TPSA) is 98.7 Å². The lowest BCUT2D eigenvalue weighted by molar-refractivity contribution is -0.113. The summed E-state index contributed by atoms with van der Waals surface area (Å²) < 4.78 is 7.01. The second-order valence-corrected chi connectivity index (χ2v) is 7.95. The third-order valence-corrected chi connectivity index (χ3v) is 4.94. The van der Waals surface area contributed by atoms with Crippen LogP contribution in [0.1, 0.15) is 58.2 Å². The zero-order chi connectivity index (χ0) is 17.2. The first-order chi connectivity index (χ1) is 11.4. The van der Waals surface area contributed by atoms with E-state index >= 15 is 0 Å². The second kappa shape index (κ2) is 6.92. The number of aromatic nitrogens is 5. The van der Waals surface area contributed by atoms with Gasteiger partial charge in [-0.3, -0.25) is 10.1 Å². The third-order valence-electron chi connectivity index (χ3n) is 4.01. The number of thioether (sulfide) groups is 1. The van der Waals surface area contributed by atoms with Crippen LogP contribution in [-0.4, -0.2) is 37.0 Å². The van der Waals surface area contributed by atoms with Crippen LogP contribution in [0.4, 0.5) is 5.88 Å². The van der Waals surface area contributed by atoms with Crippen LogP contribution >= 0.6 is 11.8 Å². The zero-order valence-electron chi connectivity index (χ0n) is 14.2. The summed E-state index contributed by atoms with van der Waals surface area (Å²) in [5.41, 5.74) is 0.681. The number of carbonyl (C=O) groups excluding carboxylic acids is 1. The lowest BCUT2D eigenvalue weighted by Crippen LogP contribution is -2.15. The molecule has 0 bridgehead atoms. The van der Waals surface area contributed by atoms with Gasteiger partial charge >= 0.3 is 0 Å². The van der Waals surface area contributed by atoms with E-state index in [1.54, 1.807) is 6.07 Å². The summed E-state index contributed by atoms with van der Waals surface area (Å²) in [7, 11) is 0. The number of amides is 1. The van der Waals surface area contributed by atoms with Gasteiger partial charge in [0.15, 0.2) is 0 Å². The van der Waals surface area contributed by atoms with Gasteiger partial charge in [0.25, 0.3) is 0 Å². The van der Waals surface area contributed by atoms with Gasteiger partial charge in [-0.1, -0.05) is 50.5 Å². The van der Waals surface area contributed by atoms with Crippen molar-refractivity contribution in [3.05, 3.63) is 11.8 Å². The van der Waals surface area contributed by atoms with Crippen LogP contribution < -0.4 is 5.32 Å². The molecule has 24 heavy (non-hydrogen) atoms. The average Bonchev–Trinajstić information content (AvgIpc) is 3.24. The van der Waals surface area contributed by atoms with Crippen LogP contribution in [0.15, 0.2) is 15.7 Å². The summed E-state index contributed by atoms with van der Waals surface area (Å²) in [5, 5.41) is 19.2. The molecular formula is C15H22N6O2S. The van der Waals surface area contributed by atoms with Crippen LogP contribution in [0, 0.1) is 0 Å². The third kappa shape index (κ3) is 3.95. The van der Waals surface area contributed by atoms with Crippen LogP contribution in [0.5, 0.6) is 0 Å². The Kier molecular flexibility index (Phi) is 4.88. The van der Waals surface area contributed by atoms with E-state index in [2.05, 4.69) is 26.0 Å². The Morgan fingerprint density at radius 3 is 2.83 bits per heavy atom. The Bertz CT molecular complexity index is 699. The lowest BCUT2D eigenvalue weighted by atomic mass is 9.92. The molecule has 8 nitrogen and oxygen atoms in total. The van der Waals surface area contributed by atoms with Crippen molar-refractivity contribution in [1.29, 1.82) is 0 Å². The number of hydrogen-bond acceptors (Lipinski definition) is 7. The van der Waals surface area contributed by atoms with Crippen molar-refractivity contribution in [2.24, 2.45) is 0 Å². The minimum absolute atomic E-state index is 0.120. The molecule has 3 rings (SSSR count). The van der Waals surface area contributed by atoms with E-state index in [1.807, 2.05) is 25.5 Å². The Morgan fingerprint density at radius 1 is 1.42 bits per heavy atom. The van der Waals surface area contributed by atoms with Crippen molar-refractivity contribution in [2.45, 2.75) is 63.1 Å². The zero-order valence-corrected chi connectivity index (χ0v) is 15.0. The van der Waals surface area contributed by atoms with Gasteiger partial charge in [-0.2, -0.15) is 0 Å². The molecule has 0 unspecified atom stereocenters. The number of carbonyl (C=O) groups is 1. The minimum Gasteiger partial charge on any atom is -0.338 e. The van der Waals surface area contributed by atoms with E-state index in [0.29, 0.717) is 17.1 Å². The Hall–Kier alpha value is -1.90. The van der Waals surface area contributed by atoms with Crippen LogP contribution in [0.2, 0.25) is 0 Å². The summed E-state index contributed by atoms with van der Waals surface area (Å²) >= 11 is 1.33. The summed E-state index contributed by atoms with van der Waals surface area (Å²) in [4.78, 5) is 12.1. The fourth-order valence-electron chi connectivity index (χ4n) is 2.65. The number of rotatable bonds is 5. The number of anilines is 1. The molecule has 2 aromatic rings. The Labute approximate surface area is 144 Å². The van der Waals surface area contributed by atoms with Gasteiger partial charge < -0.3 is 4.52 Å². The molecule has 1 saturated carbocycles. The molecule has 2 heterocycles. The highest BCUT2D eigenvalue weighted by Gasteiger charge is 2.23. The van der Waals surface area contributed by atoms with E-state index in [1.165, 1.54) is 24.6 Å². The molecule has 0 atom stereocenters. The predicted molar refractivity (Wildman–Crippen MR) is 89.9 cm³/mol. The van der Waals surface area contributed by atoms with E-state index in [-0.39, 0.29) is 17.1 Å². The SMILES string of the molecule is CC(C)(C)c1cc(NC(=O)CSc2nnnn2C2CCCC2)on1. The second-order valence-electron chi connectivity index (χ2n) is 7.01. The summed E-state index contributed by atoms with van der Waals surface area (Å²) in [6.07, 6.45) is 4.60. The molecule has 0 saturated heterocycles. The van der Waals surface area contributed by atoms with E-state index in [0.717, 1.165) is 18.5 Å². The van der Waals surface area contributed by atoms with Crippen molar-refractivity contribution >= 4 is 23.6 Å². The van der Waals surface area contributed by atoms with Gasteiger partial charge in [-0.05, 0) is 23.3 Å². The number of tetrazole rings is 1. The quantitative estimate of drug-likeness (QED) is 0.828. The van der Waals surface area contributed by atoms with E-state index in [4.69, 9.17) is 4.52 Å². The highest BCUT2D eigenvalue weighted by atomic mass is 32.2. The van der Waals surface area contributed by atoms with Crippen LogP contribution in [0.3, 0.4) is 0 Å². The first-order valence-corrected chi connectivity index (χ1v) is 9.10. The van der Waals surface area contributed by atoms with Crippen molar-refractivity contribution in [2.75, 3.05) is 11.1 Å². The normalized spacial score (nSPS) is 15.8. The minimum atomic E-state index is -0.169. The largest absolute Gasteiger partial charge is 0.338 e. The first kappa shape index (κ1) is 16.9. The molecule has 1 amide bonds. The Balaban J connectivity index is 1.55. The number of hydrogen-bond donors (Lipinski definition) is 1. The molecule has 1 N–H and O–H groups in total. The maximum absolute atomic E-state index is 12.1. The van der Waals surface area contributed by atoms with Gasteiger partial charge in [0.05, 0.1) is 17.5 Å². The summed E-state index contributed by atoms with van der Waals surface area (Å²) in [6.45, 7) is 6.11. The highest BCUT2D eigenvalue weighted by molar-refractivity contribution is 7.99. The maximum Gasteiger partial charge on any atom is 0.237 e. The molecule has 2 aromatic heterocycles. The van der Waals surface area contributed by atoms with Crippen LogP contribution in [0.25, 0.3) is 0 Å². The molecule has 9 heteroatoms. The fourth-order valence-corrected chi connectivity index (χ4v) is 3.39. The Morgan fingerprint density at radius 2 is 2.17 bits per heavy atom. The van der Waals surface area contributed by atoms with Gasteiger partial charge in [0.1, 0.15) is 0 Å². The smallest absolute Gasteiger partial charge is 0.237 e. The summed E-state index contributed by atoms with van der Waals surface area (Å²) in [5.74, 6) is 0.414. The standard InChI is InChI=1S/C15H22N6O2S/c1-15(2,3)11-8-13(23-18-11)16-12(22)9-24-14-17-19-20-21(14)10-6-4-5-7-10/h8,10H,4-7,9H2,1-3H3,(H,16,22). The molecule has 0 aromatic carbocycles. The van der Waals surface area contributed by atoms with Crippen molar-refractivity contribution < 1.29 is 9.32 Å².